The zero-order chi connectivity index (χ0) is 22.5. The van der Waals surface area contributed by atoms with Crippen molar-refractivity contribution in [2.24, 2.45) is 11.8 Å². The highest BCUT2D eigenvalue weighted by molar-refractivity contribution is 5.98. The maximum atomic E-state index is 13.9. The topological polar surface area (TPSA) is 107 Å². The molecule has 3 rings (SSSR count). The molecule has 168 valence electrons. The zero-order valence-corrected chi connectivity index (χ0v) is 18.4. The Morgan fingerprint density at radius 2 is 2.03 bits per heavy atom. The Hall–Kier alpha value is -1.93. The number of amides is 2. The molecule has 1 spiro atoms. The SMILES string of the molecule is C=CCN(C(=O)C1N(CCCO)C(=O)[C@@H]2[C@@H](C(=O)O)[C@@]3(CC)CCC12O3)C(C)(C)C. The molecule has 0 aromatic heterocycles. The molecule has 2 unspecified atom stereocenters. The van der Waals surface area contributed by atoms with Crippen molar-refractivity contribution < 1.29 is 29.3 Å². The summed E-state index contributed by atoms with van der Waals surface area (Å²) in [6.45, 7) is 11.8. The second-order valence-corrected chi connectivity index (χ2v) is 9.69. The Kier molecular flexibility index (Phi) is 5.79. The molecule has 2 N–H and O–H groups in total. The summed E-state index contributed by atoms with van der Waals surface area (Å²) in [6.07, 6.45) is 3.42. The second-order valence-electron chi connectivity index (χ2n) is 9.69. The van der Waals surface area contributed by atoms with Crippen LogP contribution in [0.15, 0.2) is 12.7 Å². The number of fused-ring (bicyclic) bond motifs is 1. The van der Waals surface area contributed by atoms with Crippen LogP contribution in [0.3, 0.4) is 0 Å². The lowest BCUT2D eigenvalue weighted by Crippen LogP contribution is -2.60. The third kappa shape index (κ3) is 3.07. The van der Waals surface area contributed by atoms with E-state index in [-0.39, 0.29) is 25.0 Å². The van der Waals surface area contributed by atoms with Crippen LogP contribution in [0.25, 0.3) is 0 Å². The fourth-order valence-electron chi connectivity index (χ4n) is 5.83. The molecule has 8 heteroatoms. The molecule has 8 nitrogen and oxygen atoms in total. The van der Waals surface area contributed by atoms with E-state index in [1.165, 1.54) is 4.90 Å². The smallest absolute Gasteiger partial charge is 0.310 e. The van der Waals surface area contributed by atoms with E-state index in [0.717, 1.165) is 0 Å². The van der Waals surface area contributed by atoms with Crippen LogP contribution in [-0.2, 0) is 19.1 Å². The van der Waals surface area contributed by atoms with Crippen LogP contribution in [-0.4, -0.2) is 80.3 Å². The highest BCUT2D eigenvalue weighted by Gasteiger charge is 2.79. The largest absolute Gasteiger partial charge is 0.481 e. The molecule has 0 aliphatic carbocycles. The fraction of sp³-hybridized carbons (Fsp3) is 0.773. The minimum Gasteiger partial charge on any atom is -0.481 e. The highest BCUT2D eigenvalue weighted by atomic mass is 16.5. The molecule has 3 fully saturated rings. The maximum Gasteiger partial charge on any atom is 0.310 e. The van der Waals surface area contributed by atoms with Crippen molar-refractivity contribution in [3.63, 3.8) is 0 Å². The van der Waals surface area contributed by atoms with Gasteiger partial charge in [0.2, 0.25) is 11.8 Å². The van der Waals surface area contributed by atoms with Gasteiger partial charge in [0.1, 0.15) is 17.6 Å². The van der Waals surface area contributed by atoms with E-state index in [1.54, 1.807) is 11.0 Å². The molecule has 0 radical (unpaired) electrons. The Balaban J connectivity index is 2.12. The molecule has 2 bridgehead atoms. The van der Waals surface area contributed by atoms with Crippen molar-refractivity contribution in [1.29, 1.82) is 0 Å². The Morgan fingerprint density at radius 1 is 1.37 bits per heavy atom. The normalized spacial score (nSPS) is 34.9. The quantitative estimate of drug-likeness (QED) is 0.573. The molecular weight excluding hydrogens is 388 g/mol. The number of aliphatic carboxylic acids is 1. The van der Waals surface area contributed by atoms with E-state index in [2.05, 4.69) is 6.58 Å². The van der Waals surface area contributed by atoms with Crippen molar-refractivity contribution in [3.05, 3.63) is 12.7 Å². The summed E-state index contributed by atoms with van der Waals surface area (Å²) in [5, 5.41) is 19.3. The average Bonchev–Trinajstić information content (AvgIpc) is 3.27. The average molecular weight is 423 g/mol. The number of rotatable bonds is 8. The van der Waals surface area contributed by atoms with Gasteiger partial charge in [-0.3, -0.25) is 14.4 Å². The van der Waals surface area contributed by atoms with Crippen molar-refractivity contribution in [3.8, 4) is 0 Å². The molecule has 0 aromatic rings. The Morgan fingerprint density at radius 3 is 2.53 bits per heavy atom. The molecule has 0 aromatic carbocycles. The number of hydrogen-bond acceptors (Lipinski definition) is 5. The first-order valence-corrected chi connectivity index (χ1v) is 10.8. The maximum absolute atomic E-state index is 13.9. The lowest BCUT2D eigenvalue weighted by molar-refractivity contribution is -0.159. The summed E-state index contributed by atoms with van der Waals surface area (Å²) in [5.74, 6) is -3.51. The molecule has 0 saturated carbocycles. The van der Waals surface area contributed by atoms with Gasteiger partial charge in [-0.25, -0.2) is 0 Å². The van der Waals surface area contributed by atoms with Gasteiger partial charge in [0.05, 0.1) is 11.5 Å². The van der Waals surface area contributed by atoms with Crippen molar-refractivity contribution in [2.75, 3.05) is 19.7 Å². The van der Waals surface area contributed by atoms with E-state index < -0.39 is 40.6 Å². The van der Waals surface area contributed by atoms with Crippen LogP contribution in [0.2, 0.25) is 0 Å². The highest BCUT2D eigenvalue weighted by Crippen LogP contribution is 2.64. The number of carboxylic acids is 1. The molecule has 3 aliphatic heterocycles. The fourth-order valence-corrected chi connectivity index (χ4v) is 5.83. The molecule has 3 aliphatic rings. The van der Waals surface area contributed by atoms with Gasteiger partial charge in [-0.2, -0.15) is 0 Å². The zero-order valence-electron chi connectivity index (χ0n) is 18.4. The number of likely N-dealkylation sites (tertiary alicyclic amines) is 1. The van der Waals surface area contributed by atoms with Crippen LogP contribution >= 0.6 is 0 Å². The summed E-state index contributed by atoms with van der Waals surface area (Å²) in [6, 6.07) is -0.904. The number of aliphatic hydroxyl groups is 1. The van der Waals surface area contributed by atoms with Gasteiger partial charge in [-0.1, -0.05) is 13.0 Å². The molecule has 5 atom stereocenters. The van der Waals surface area contributed by atoms with Gasteiger partial charge < -0.3 is 24.7 Å². The number of nitrogens with zero attached hydrogens (tertiary/aromatic N) is 2. The van der Waals surface area contributed by atoms with Crippen LogP contribution in [0.1, 0.15) is 53.4 Å². The van der Waals surface area contributed by atoms with Crippen LogP contribution in [0.5, 0.6) is 0 Å². The van der Waals surface area contributed by atoms with Crippen molar-refractivity contribution in [2.45, 2.75) is 76.2 Å². The number of carbonyl (C=O) groups excluding carboxylic acids is 2. The van der Waals surface area contributed by atoms with Crippen molar-refractivity contribution >= 4 is 17.8 Å². The van der Waals surface area contributed by atoms with E-state index in [1.807, 2.05) is 27.7 Å². The first-order valence-electron chi connectivity index (χ1n) is 10.8. The first kappa shape index (κ1) is 22.7. The standard InChI is InChI=1S/C22H34N2O6/c1-6-11-24(20(3,4)5)18(27)16-22-10-9-21(7-2,30-22)15(19(28)29)14(22)17(26)23(16)12-8-13-25/h6,14-16,25H,1,7-13H2,2-5H3,(H,28,29)/t14-,15-,16?,21+,22?/m0/s1. The first-order chi connectivity index (χ1) is 14.0. The lowest BCUT2D eigenvalue weighted by atomic mass is 9.65. The van der Waals surface area contributed by atoms with Crippen molar-refractivity contribution in [1.82, 2.24) is 9.80 Å². The predicted molar refractivity (Wildman–Crippen MR) is 110 cm³/mol. The molecular formula is C22H34N2O6. The molecule has 3 saturated heterocycles. The van der Waals surface area contributed by atoms with Gasteiger partial charge in [-0.15, -0.1) is 6.58 Å². The summed E-state index contributed by atoms with van der Waals surface area (Å²) >= 11 is 0. The van der Waals surface area contributed by atoms with Gasteiger partial charge in [0.15, 0.2) is 0 Å². The number of carbonyl (C=O) groups is 3. The Labute approximate surface area is 177 Å². The number of ether oxygens (including phenoxy) is 1. The van der Waals surface area contributed by atoms with Crippen LogP contribution in [0.4, 0.5) is 0 Å². The molecule has 3 heterocycles. The summed E-state index contributed by atoms with van der Waals surface area (Å²) in [4.78, 5) is 42.8. The third-order valence-corrected chi connectivity index (χ3v) is 7.13. The molecule has 2 amide bonds. The molecule has 30 heavy (non-hydrogen) atoms. The summed E-state index contributed by atoms with van der Waals surface area (Å²) in [5.41, 5.74) is -2.58. The van der Waals surface area contributed by atoms with E-state index in [9.17, 15) is 24.6 Å². The van der Waals surface area contributed by atoms with E-state index >= 15 is 0 Å². The van der Waals surface area contributed by atoms with E-state index in [0.29, 0.717) is 32.2 Å². The summed E-state index contributed by atoms with van der Waals surface area (Å²) in [7, 11) is 0. The van der Waals surface area contributed by atoms with Gasteiger partial charge in [-0.05, 0) is 46.5 Å². The Bertz CT molecular complexity index is 746. The summed E-state index contributed by atoms with van der Waals surface area (Å²) < 4.78 is 6.47. The predicted octanol–water partition coefficient (Wildman–Crippen LogP) is 1.42. The van der Waals surface area contributed by atoms with Gasteiger partial charge in [0.25, 0.3) is 0 Å². The number of aliphatic hydroxyl groups excluding tert-OH is 1. The van der Waals surface area contributed by atoms with E-state index in [4.69, 9.17) is 4.74 Å². The van der Waals surface area contributed by atoms with Crippen LogP contribution < -0.4 is 0 Å². The second kappa shape index (κ2) is 7.64. The number of carboxylic acid groups (broad SMARTS) is 1. The van der Waals surface area contributed by atoms with Crippen LogP contribution in [0, 0.1) is 11.8 Å². The monoisotopic (exact) mass is 422 g/mol. The van der Waals surface area contributed by atoms with Gasteiger partial charge >= 0.3 is 5.97 Å². The minimum atomic E-state index is -1.15. The van der Waals surface area contributed by atoms with Gasteiger partial charge in [0, 0.05) is 25.2 Å². The minimum absolute atomic E-state index is 0.125. The number of hydrogen-bond donors (Lipinski definition) is 2. The lowest BCUT2D eigenvalue weighted by Gasteiger charge is -2.42. The third-order valence-electron chi connectivity index (χ3n) is 7.13.